The fourth-order valence-electron chi connectivity index (χ4n) is 10.1. The first-order valence-corrected chi connectivity index (χ1v) is 20.0. The molecule has 9 aromatic carbocycles. The molecule has 0 aliphatic carbocycles. The molecule has 0 atom stereocenters. The Kier molecular flexibility index (Phi) is 6.41. The highest BCUT2D eigenvalue weighted by Gasteiger charge is 2.25. The summed E-state index contributed by atoms with van der Waals surface area (Å²) < 4.78 is 9.99. The molecule has 0 aliphatic heterocycles. The van der Waals surface area contributed by atoms with Crippen LogP contribution in [-0.2, 0) is 0 Å². The predicted octanol–water partition coefficient (Wildman–Crippen LogP) is 14.1. The van der Waals surface area contributed by atoms with Crippen LogP contribution in [0.1, 0.15) is 0 Å². The van der Waals surface area contributed by atoms with Crippen molar-refractivity contribution in [1.82, 2.24) is 18.3 Å². The second-order valence-electron chi connectivity index (χ2n) is 15.3. The van der Waals surface area contributed by atoms with Gasteiger partial charge in [-0.25, -0.2) is 0 Å². The minimum Gasteiger partial charge on any atom is -0.307 e. The summed E-state index contributed by atoms with van der Waals surface area (Å²) >= 11 is 0. The van der Waals surface area contributed by atoms with E-state index in [1.54, 1.807) is 0 Å². The molecule has 4 nitrogen and oxygen atoms in total. The van der Waals surface area contributed by atoms with Crippen molar-refractivity contribution in [3.05, 3.63) is 206 Å². The van der Waals surface area contributed by atoms with Crippen LogP contribution in [-0.4, -0.2) is 18.3 Å². The van der Waals surface area contributed by atoms with E-state index in [2.05, 4.69) is 225 Å². The first kappa shape index (κ1) is 31.4. The minimum atomic E-state index is 1.13. The van der Waals surface area contributed by atoms with E-state index in [0.717, 1.165) is 22.7 Å². The number of benzene rings is 9. The standard InChI is InChI=1S/C54H34N4/c1-2-17-35(18-3-1)55-44-27-9-6-21-38(44)41-24-15-33-50(52(41)55)57-47-30-12-8-23-40(47)43-26-16-34-51(54(43)57)58-48-31-13-7-22-39(48)42-25-14-32-49(53(42)58)56-45-28-10-4-19-36(45)37-20-5-11-29-46(37)56/h1-34H. The molecule has 0 spiro atoms. The Hall–Kier alpha value is -7.82. The molecule has 4 heterocycles. The Morgan fingerprint density at radius 1 is 0.190 bits per heavy atom. The molecule has 0 aliphatic rings. The molecule has 0 saturated heterocycles. The van der Waals surface area contributed by atoms with E-state index in [-0.39, 0.29) is 0 Å². The summed E-state index contributed by atoms with van der Waals surface area (Å²) in [5.74, 6) is 0. The minimum absolute atomic E-state index is 1.13. The molecule has 0 fully saturated rings. The van der Waals surface area contributed by atoms with Gasteiger partial charge in [0.2, 0.25) is 0 Å². The molecule has 4 aromatic heterocycles. The lowest BCUT2D eigenvalue weighted by atomic mass is 10.1. The Bertz CT molecular complexity index is 3740. The molecular formula is C54H34N4. The molecule has 0 unspecified atom stereocenters. The van der Waals surface area contributed by atoms with Crippen LogP contribution >= 0.6 is 0 Å². The van der Waals surface area contributed by atoms with Crippen LogP contribution in [0.3, 0.4) is 0 Å². The van der Waals surface area contributed by atoms with Crippen molar-refractivity contribution in [2.75, 3.05) is 0 Å². The maximum Gasteiger partial charge on any atom is 0.0783 e. The molecule has 0 N–H and O–H groups in total. The second-order valence-corrected chi connectivity index (χ2v) is 15.3. The van der Waals surface area contributed by atoms with Gasteiger partial charge in [-0.3, -0.25) is 0 Å². The van der Waals surface area contributed by atoms with Gasteiger partial charge in [0.15, 0.2) is 0 Å². The molecule has 13 rings (SSSR count). The second kappa shape index (κ2) is 11.8. The van der Waals surface area contributed by atoms with Crippen LogP contribution in [0.2, 0.25) is 0 Å². The van der Waals surface area contributed by atoms with Gasteiger partial charge in [0.05, 0.1) is 61.2 Å². The highest BCUT2D eigenvalue weighted by atomic mass is 15.1. The quantitative estimate of drug-likeness (QED) is 0.171. The third-order valence-electron chi connectivity index (χ3n) is 12.3. The van der Waals surface area contributed by atoms with Crippen LogP contribution in [0.5, 0.6) is 0 Å². The summed E-state index contributed by atoms with van der Waals surface area (Å²) in [5, 5.41) is 9.86. The van der Waals surface area contributed by atoms with Crippen LogP contribution in [0.4, 0.5) is 0 Å². The summed E-state index contributed by atoms with van der Waals surface area (Å²) in [6.07, 6.45) is 0. The van der Waals surface area contributed by atoms with Gasteiger partial charge in [0, 0.05) is 48.8 Å². The van der Waals surface area contributed by atoms with Gasteiger partial charge in [0.1, 0.15) is 0 Å². The van der Waals surface area contributed by atoms with Gasteiger partial charge in [-0.15, -0.1) is 0 Å². The van der Waals surface area contributed by atoms with E-state index in [1.807, 2.05) is 0 Å². The molecule has 0 radical (unpaired) electrons. The highest BCUT2D eigenvalue weighted by Crippen LogP contribution is 2.44. The number of rotatable bonds is 4. The molecule has 0 amide bonds. The lowest BCUT2D eigenvalue weighted by Gasteiger charge is -2.18. The largest absolute Gasteiger partial charge is 0.307 e. The van der Waals surface area contributed by atoms with Crippen LogP contribution in [0.15, 0.2) is 206 Å². The van der Waals surface area contributed by atoms with Crippen LogP contribution < -0.4 is 0 Å². The monoisotopic (exact) mass is 738 g/mol. The van der Waals surface area contributed by atoms with Gasteiger partial charge >= 0.3 is 0 Å². The van der Waals surface area contributed by atoms with Crippen molar-refractivity contribution >= 4 is 87.2 Å². The summed E-state index contributed by atoms with van der Waals surface area (Å²) in [6, 6.07) is 75.5. The third-order valence-corrected chi connectivity index (χ3v) is 12.3. The average molecular weight is 739 g/mol. The molecule has 4 heteroatoms. The lowest BCUT2D eigenvalue weighted by Crippen LogP contribution is -2.04. The van der Waals surface area contributed by atoms with E-state index < -0.39 is 0 Å². The maximum atomic E-state index is 2.54. The molecule has 0 saturated carbocycles. The third kappa shape index (κ3) is 4.13. The Labute approximate surface area is 333 Å². The van der Waals surface area contributed by atoms with Gasteiger partial charge < -0.3 is 18.3 Å². The van der Waals surface area contributed by atoms with E-state index in [1.165, 1.54) is 87.2 Å². The molecular weight excluding hydrogens is 705 g/mol. The van der Waals surface area contributed by atoms with Gasteiger partial charge in [0.25, 0.3) is 0 Å². The zero-order valence-corrected chi connectivity index (χ0v) is 31.4. The van der Waals surface area contributed by atoms with Gasteiger partial charge in [-0.1, -0.05) is 146 Å². The van der Waals surface area contributed by atoms with Crippen molar-refractivity contribution in [2.45, 2.75) is 0 Å². The summed E-state index contributed by atoms with van der Waals surface area (Å²) in [5.41, 5.74) is 14.0. The van der Waals surface area contributed by atoms with Gasteiger partial charge in [-0.05, 0) is 60.7 Å². The lowest BCUT2D eigenvalue weighted by molar-refractivity contribution is 1.10. The molecule has 13 aromatic rings. The SMILES string of the molecule is c1ccc(-n2c3ccccc3c3cccc(-n4c5ccccc5c5cccc(-n6c7ccccc7c7cccc(-n8c9ccccc9c9ccccc98)c76)c54)c32)cc1. The fourth-order valence-corrected chi connectivity index (χ4v) is 10.1. The zero-order valence-electron chi connectivity index (χ0n) is 31.4. The van der Waals surface area contributed by atoms with E-state index >= 15 is 0 Å². The Balaban J connectivity index is 1.22. The number of aromatic nitrogens is 4. The summed E-state index contributed by atoms with van der Waals surface area (Å²) in [6.45, 7) is 0. The molecule has 58 heavy (non-hydrogen) atoms. The van der Waals surface area contributed by atoms with Crippen molar-refractivity contribution in [3.63, 3.8) is 0 Å². The normalized spacial score (nSPS) is 12.1. The molecule has 0 bridgehead atoms. The van der Waals surface area contributed by atoms with Crippen molar-refractivity contribution in [3.8, 4) is 22.7 Å². The van der Waals surface area contributed by atoms with E-state index in [4.69, 9.17) is 0 Å². The van der Waals surface area contributed by atoms with E-state index in [9.17, 15) is 0 Å². The smallest absolute Gasteiger partial charge is 0.0783 e. The van der Waals surface area contributed by atoms with Crippen LogP contribution in [0, 0.1) is 0 Å². The Morgan fingerprint density at radius 2 is 0.466 bits per heavy atom. The van der Waals surface area contributed by atoms with Crippen molar-refractivity contribution in [2.24, 2.45) is 0 Å². The number of hydrogen-bond donors (Lipinski definition) is 0. The average Bonchev–Trinajstić information content (AvgIpc) is 4.02. The Morgan fingerprint density at radius 3 is 0.879 bits per heavy atom. The number of nitrogens with zero attached hydrogens (tertiary/aromatic N) is 4. The predicted molar refractivity (Wildman–Crippen MR) is 244 cm³/mol. The first-order chi connectivity index (χ1) is 28.8. The summed E-state index contributed by atoms with van der Waals surface area (Å²) in [7, 11) is 0. The fraction of sp³-hybridized carbons (Fsp3) is 0. The topological polar surface area (TPSA) is 19.7 Å². The summed E-state index contributed by atoms with van der Waals surface area (Å²) in [4.78, 5) is 0. The van der Waals surface area contributed by atoms with Gasteiger partial charge in [-0.2, -0.15) is 0 Å². The zero-order chi connectivity index (χ0) is 37.9. The number of para-hydroxylation sites is 9. The first-order valence-electron chi connectivity index (χ1n) is 20.0. The molecule has 270 valence electrons. The van der Waals surface area contributed by atoms with Crippen molar-refractivity contribution < 1.29 is 0 Å². The number of fused-ring (bicyclic) bond motifs is 12. The van der Waals surface area contributed by atoms with Crippen molar-refractivity contribution in [1.29, 1.82) is 0 Å². The number of hydrogen-bond acceptors (Lipinski definition) is 0. The van der Waals surface area contributed by atoms with E-state index in [0.29, 0.717) is 0 Å². The maximum absolute atomic E-state index is 2.54. The van der Waals surface area contributed by atoms with Crippen LogP contribution in [0.25, 0.3) is 110 Å². The highest BCUT2D eigenvalue weighted by molar-refractivity contribution is 6.19.